The Morgan fingerprint density at radius 1 is 1.58 bits per heavy atom. The summed E-state index contributed by atoms with van der Waals surface area (Å²) in [5.74, 6) is 2.67. The molecule has 0 saturated heterocycles. The lowest BCUT2D eigenvalue weighted by Crippen LogP contribution is -1.91. The summed E-state index contributed by atoms with van der Waals surface area (Å²) in [5, 5.41) is 0. The fraction of sp³-hybridized carbons (Fsp3) is 0.200. The zero-order valence-corrected chi connectivity index (χ0v) is 6.80. The Balaban J connectivity index is 3.04. The van der Waals surface area contributed by atoms with Crippen molar-refractivity contribution < 1.29 is 9.13 Å². The van der Waals surface area contributed by atoms with Crippen LogP contribution < -0.4 is 4.74 Å². The summed E-state index contributed by atoms with van der Waals surface area (Å²) in [6.45, 7) is 0. The van der Waals surface area contributed by atoms with Crippen LogP contribution in [-0.4, -0.2) is 7.11 Å². The first-order chi connectivity index (χ1) is 5.77. The summed E-state index contributed by atoms with van der Waals surface area (Å²) in [6, 6.07) is 4.33. The lowest BCUT2D eigenvalue weighted by atomic mass is 10.1. The van der Waals surface area contributed by atoms with E-state index in [1.165, 1.54) is 19.2 Å². The molecule has 12 heavy (non-hydrogen) atoms. The van der Waals surface area contributed by atoms with Crippen LogP contribution in [0.4, 0.5) is 4.39 Å². The van der Waals surface area contributed by atoms with Crippen molar-refractivity contribution in [3.05, 3.63) is 29.6 Å². The average molecular weight is 164 g/mol. The lowest BCUT2D eigenvalue weighted by Gasteiger charge is -2.04. The lowest BCUT2D eigenvalue weighted by molar-refractivity contribution is 0.407. The van der Waals surface area contributed by atoms with Gasteiger partial charge in [-0.3, -0.25) is 0 Å². The standard InChI is InChI=1S/C10H9FO/c1-3-4-8-5-6-9(11)7-10(8)12-2/h1,5-7H,4H2,2H3. The summed E-state index contributed by atoms with van der Waals surface area (Å²) < 4.78 is 17.6. The van der Waals surface area contributed by atoms with Crippen molar-refractivity contribution in [1.29, 1.82) is 0 Å². The SMILES string of the molecule is C#CCc1ccc(F)cc1OC. The molecule has 0 N–H and O–H groups in total. The Morgan fingerprint density at radius 3 is 2.92 bits per heavy atom. The number of terminal acetylenes is 1. The highest BCUT2D eigenvalue weighted by Gasteiger charge is 2.01. The largest absolute Gasteiger partial charge is 0.496 e. The Kier molecular flexibility index (Phi) is 2.71. The van der Waals surface area contributed by atoms with Gasteiger partial charge in [0.05, 0.1) is 7.11 Å². The van der Waals surface area contributed by atoms with Crippen molar-refractivity contribution in [2.24, 2.45) is 0 Å². The molecule has 0 saturated carbocycles. The molecule has 1 aromatic rings. The van der Waals surface area contributed by atoms with Crippen molar-refractivity contribution in [3.63, 3.8) is 0 Å². The minimum atomic E-state index is -0.312. The van der Waals surface area contributed by atoms with Crippen molar-refractivity contribution in [1.82, 2.24) is 0 Å². The molecule has 62 valence electrons. The predicted octanol–water partition coefficient (Wildman–Crippen LogP) is 2.01. The van der Waals surface area contributed by atoms with Crippen LogP contribution in [0.15, 0.2) is 18.2 Å². The van der Waals surface area contributed by atoms with Crippen molar-refractivity contribution in [2.45, 2.75) is 6.42 Å². The van der Waals surface area contributed by atoms with E-state index in [9.17, 15) is 4.39 Å². The Bertz CT molecular complexity index is 312. The molecule has 0 bridgehead atoms. The van der Waals surface area contributed by atoms with Gasteiger partial charge in [0.1, 0.15) is 11.6 Å². The molecule has 0 aromatic heterocycles. The Morgan fingerprint density at radius 2 is 2.33 bits per heavy atom. The van der Waals surface area contributed by atoms with Crippen molar-refractivity contribution >= 4 is 0 Å². The molecule has 1 aromatic carbocycles. The van der Waals surface area contributed by atoms with Gasteiger partial charge < -0.3 is 4.74 Å². The van der Waals surface area contributed by atoms with E-state index in [1.807, 2.05) is 0 Å². The van der Waals surface area contributed by atoms with Crippen LogP contribution in [0.2, 0.25) is 0 Å². The molecule has 1 nitrogen and oxygen atoms in total. The summed E-state index contributed by atoms with van der Waals surface area (Å²) >= 11 is 0. The molecule has 0 spiro atoms. The molecule has 0 amide bonds. The zero-order chi connectivity index (χ0) is 8.97. The second-order valence-corrected chi connectivity index (χ2v) is 2.34. The van der Waals surface area contributed by atoms with E-state index >= 15 is 0 Å². The first-order valence-corrected chi connectivity index (χ1v) is 3.54. The number of hydrogen-bond acceptors (Lipinski definition) is 1. The van der Waals surface area contributed by atoms with E-state index in [1.54, 1.807) is 6.07 Å². The fourth-order valence-electron chi connectivity index (χ4n) is 0.974. The van der Waals surface area contributed by atoms with Gasteiger partial charge in [-0.2, -0.15) is 0 Å². The summed E-state index contributed by atoms with van der Waals surface area (Å²) in [7, 11) is 1.49. The normalized spacial score (nSPS) is 9.08. The zero-order valence-electron chi connectivity index (χ0n) is 6.80. The number of rotatable bonds is 2. The van der Waals surface area contributed by atoms with E-state index < -0.39 is 0 Å². The van der Waals surface area contributed by atoms with Crippen LogP contribution in [0.1, 0.15) is 5.56 Å². The minimum Gasteiger partial charge on any atom is -0.496 e. The summed E-state index contributed by atoms with van der Waals surface area (Å²) in [6.07, 6.45) is 5.58. The molecule has 0 atom stereocenters. The van der Waals surface area contributed by atoms with E-state index in [-0.39, 0.29) is 5.82 Å². The van der Waals surface area contributed by atoms with Gasteiger partial charge in [-0.15, -0.1) is 12.3 Å². The molecule has 0 heterocycles. The van der Waals surface area contributed by atoms with Crippen LogP contribution in [0.5, 0.6) is 5.75 Å². The summed E-state index contributed by atoms with van der Waals surface area (Å²) in [4.78, 5) is 0. The number of halogens is 1. The number of benzene rings is 1. The van der Waals surface area contributed by atoms with Crippen LogP contribution in [-0.2, 0) is 6.42 Å². The van der Waals surface area contributed by atoms with Crippen molar-refractivity contribution in [2.75, 3.05) is 7.11 Å². The molecule has 2 heteroatoms. The highest BCUT2D eigenvalue weighted by atomic mass is 19.1. The maximum Gasteiger partial charge on any atom is 0.126 e. The third-order valence-electron chi connectivity index (χ3n) is 1.54. The second-order valence-electron chi connectivity index (χ2n) is 2.34. The van der Waals surface area contributed by atoms with Gasteiger partial charge in [-0.1, -0.05) is 6.07 Å². The van der Waals surface area contributed by atoms with E-state index in [4.69, 9.17) is 11.2 Å². The smallest absolute Gasteiger partial charge is 0.126 e. The average Bonchev–Trinajstić information content (AvgIpc) is 2.08. The molecule has 0 aliphatic rings. The predicted molar refractivity (Wildman–Crippen MR) is 45.5 cm³/mol. The van der Waals surface area contributed by atoms with Gasteiger partial charge in [-0.25, -0.2) is 4.39 Å². The second kappa shape index (κ2) is 3.77. The Hall–Kier alpha value is -1.49. The number of hydrogen-bond donors (Lipinski definition) is 0. The molecule has 0 radical (unpaired) electrons. The minimum absolute atomic E-state index is 0.312. The monoisotopic (exact) mass is 164 g/mol. The molecular weight excluding hydrogens is 155 g/mol. The first kappa shape index (κ1) is 8.61. The van der Waals surface area contributed by atoms with Crippen molar-refractivity contribution in [3.8, 4) is 18.1 Å². The molecular formula is C10H9FO. The molecule has 0 fully saturated rings. The van der Waals surface area contributed by atoms with Crippen LogP contribution in [0.25, 0.3) is 0 Å². The fourth-order valence-corrected chi connectivity index (χ4v) is 0.974. The van der Waals surface area contributed by atoms with E-state index in [0.29, 0.717) is 12.2 Å². The highest BCUT2D eigenvalue weighted by Crippen LogP contribution is 2.19. The molecule has 0 unspecified atom stereocenters. The van der Waals surface area contributed by atoms with Gasteiger partial charge in [0.25, 0.3) is 0 Å². The van der Waals surface area contributed by atoms with Gasteiger partial charge in [0.2, 0.25) is 0 Å². The molecule has 0 aliphatic carbocycles. The molecule has 1 rings (SSSR count). The van der Waals surface area contributed by atoms with Crippen LogP contribution in [0, 0.1) is 18.2 Å². The number of ether oxygens (including phenoxy) is 1. The third kappa shape index (κ3) is 1.76. The van der Waals surface area contributed by atoms with Gasteiger partial charge in [0, 0.05) is 18.1 Å². The third-order valence-corrected chi connectivity index (χ3v) is 1.54. The van der Waals surface area contributed by atoms with E-state index in [2.05, 4.69) is 5.92 Å². The maximum absolute atomic E-state index is 12.6. The van der Waals surface area contributed by atoms with Gasteiger partial charge >= 0.3 is 0 Å². The molecule has 0 aliphatic heterocycles. The van der Waals surface area contributed by atoms with Crippen LogP contribution in [0.3, 0.4) is 0 Å². The number of methoxy groups -OCH3 is 1. The van der Waals surface area contributed by atoms with Gasteiger partial charge in [0.15, 0.2) is 0 Å². The Labute approximate surface area is 71.2 Å². The maximum atomic E-state index is 12.6. The highest BCUT2D eigenvalue weighted by molar-refractivity contribution is 5.36. The van der Waals surface area contributed by atoms with Gasteiger partial charge in [-0.05, 0) is 6.07 Å². The quantitative estimate of drug-likeness (QED) is 0.607. The summed E-state index contributed by atoms with van der Waals surface area (Å²) in [5.41, 5.74) is 0.835. The first-order valence-electron chi connectivity index (χ1n) is 3.54. The van der Waals surface area contributed by atoms with E-state index in [0.717, 1.165) is 5.56 Å². The topological polar surface area (TPSA) is 9.23 Å². The van der Waals surface area contributed by atoms with Crippen LogP contribution >= 0.6 is 0 Å².